The first-order chi connectivity index (χ1) is 10.1. The van der Waals surface area contributed by atoms with Crippen LogP contribution in [0.2, 0.25) is 0 Å². The van der Waals surface area contributed by atoms with Gasteiger partial charge in [0.25, 0.3) is 5.91 Å². The number of nitrogens with zero attached hydrogens (tertiary/aromatic N) is 1. The van der Waals surface area contributed by atoms with Crippen molar-refractivity contribution in [1.82, 2.24) is 5.32 Å². The summed E-state index contributed by atoms with van der Waals surface area (Å²) in [5, 5.41) is 11.5. The number of carbonyl (C=O) groups is 2. The predicted molar refractivity (Wildman–Crippen MR) is 75.5 cm³/mol. The molecule has 6 nitrogen and oxygen atoms in total. The van der Waals surface area contributed by atoms with Crippen molar-refractivity contribution in [2.45, 2.75) is 26.4 Å². The number of nitriles is 1. The predicted octanol–water partition coefficient (Wildman–Crippen LogP) is 1.39. The molecule has 1 aromatic carbocycles. The fourth-order valence-corrected chi connectivity index (χ4v) is 1.57. The van der Waals surface area contributed by atoms with Gasteiger partial charge in [-0.3, -0.25) is 9.59 Å². The summed E-state index contributed by atoms with van der Waals surface area (Å²) in [6.45, 7) is 3.80. The molecular weight excluding hydrogens is 272 g/mol. The summed E-state index contributed by atoms with van der Waals surface area (Å²) in [6, 6.07) is 8.67. The molecule has 21 heavy (non-hydrogen) atoms. The third-order valence-corrected chi connectivity index (χ3v) is 2.61. The molecule has 0 heterocycles. The lowest BCUT2D eigenvalue weighted by atomic mass is 10.2. The van der Waals surface area contributed by atoms with Crippen LogP contribution in [-0.2, 0) is 14.3 Å². The molecule has 1 aromatic rings. The van der Waals surface area contributed by atoms with E-state index in [0.717, 1.165) is 0 Å². The highest BCUT2D eigenvalue weighted by atomic mass is 16.5. The first kappa shape index (κ1) is 16.5. The molecule has 0 aromatic heterocycles. The number of amides is 1. The van der Waals surface area contributed by atoms with Crippen LogP contribution in [0.25, 0.3) is 0 Å². The third kappa shape index (κ3) is 5.53. The molecule has 0 radical (unpaired) electrons. The normalized spacial score (nSPS) is 11.1. The molecule has 0 aliphatic carbocycles. The van der Waals surface area contributed by atoms with Crippen LogP contribution in [0.4, 0.5) is 0 Å². The van der Waals surface area contributed by atoms with E-state index in [9.17, 15) is 9.59 Å². The van der Waals surface area contributed by atoms with Crippen molar-refractivity contribution in [3.63, 3.8) is 0 Å². The molecule has 0 aliphatic heterocycles. The van der Waals surface area contributed by atoms with Gasteiger partial charge in [-0.2, -0.15) is 5.26 Å². The molecule has 1 unspecified atom stereocenters. The summed E-state index contributed by atoms with van der Waals surface area (Å²) in [5.41, 5.74) is 0.365. The van der Waals surface area contributed by atoms with E-state index in [1.807, 2.05) is 6.07 Å². The minimum atomic E-state index is -0.762. The van der Waals surface area contributed by atoms with Crippen LogP contribution in [0.1, 0.15) is 25.8 Å². The van der Waals surface area contributed by atoms with E-state index in [2.05, 4.69) is 5.32 Å². The quantitative estimate of drug-likeness (QED) is 0.767. The standard InChI is InChI=1S/C15H18N2O4/c1-3-20-14(18)8-9-17-15(19)11(2)21-13-7-5-4-6-12(13)10-16/h4-7,11H,3,8-9H2,1-2H3,(H,17,19). The molecule has 0 saturated heterocycles. The smallest absolute Gasteiger partial charge is 0.307 e. The van der Waals surface area contributed by atoms with E-state index in [1.54, 1.807) is 38.1 Å². The van der Waals surface area contributed by atoms with Gasteiger partial charge in [-0.1, -0.05) is 12.1 Å². The van der Waals surface area contributed by atoms with E-state index < -0.39 is 6.10 Å². The highest BCUT2D eigenvalue weighted by Crippen LogP contribution is 2.18. The van der Waals surface area contributed by atoms with Crippen LogP contribution in [0, 0.1) is 11.3 Å². The second-order valence-corrected chi connectivity index (χ2v) is 4.21. The van der Waals surface area contributed by atoms with Crippen LogP contribution >= 0.6 is 0 Å². The number of hydrogen-bond acceptors (Lipinski definition) is 5. The Morgan fingerprint density at radius 2 is 2.10 bits per heavy atom. The second-order valence-electron chi connectivity index (χ2n) is 4.21. The van der Waals surface area contributed by atoms with Gasteiger partial charge in [0.05, 0.1) is 18.6 Å². The molecule has 1 atom stereocenters. The minimum absolute atomic E-state index is 0.112. The Bertz CT molecular complexity index is 537. The van der Waals surface area contributed by atoms with Crippen molar-refractivity contribution in [3.05, 3.63) is 29.8 Å². The first-order valence-electron chi connectivity index (χ1n) is 6.67. The van der Waals surface area contributed by atoms with E-state index in [0.29, 0.717) is 17.9 Å². The van der Waals surface area contributed by atoms with E-state index in [-0.39, 0.29) is 24.8 Å². The number of esters is 1. The molecule has 1 amide bonds. The second kappa shape index (κ2) is 8.59. The lowest BCUT2D eigenvalue weighted by Gasteiger charge is -2.15. The lowest BCUT2D eigenvalue weighted by Crippen LogP contribution is -2.37. The molecule has 0 fully saturated rings. The zero-order valence-corrected chi connectivity index (χ0v) is 12.1. The maximum atomic E-state index is 11.8. The molecular formula is C15H18N2O4. The fourth-order valence-electron chi connectivity index (χ4n) is 1.57. The lowest BCUT2D eigenvalue weighted by molar-refractivity contribution is -0.143. The summed E-state index contributed by atoms with van der Waals surface area (Å²) >= 11 is 0. The summed E-state index contributed by atoms with van der Waals surface area (Å²) in [6.07, 6.45) is -0.650. The van der Waals surface area contributed by atoms with Crippen molar-refractivity contribution in [2.75, 3.05) is 13.2 Å². The van der Waals surface area contributed by atoms with E-state index in [4.69, 9.17) is 14.7 Å². The van der Waals surface area contributed by atoms with Gasteiger partial charge in [0.2, 0.25) is 0 Å². The fraction of sp³-hybridized carbons (Fsp3) is 0.400. The average molecular weight is 290 g/mol. The van der Waals surface area contributed by atoms with Crippen LogP contribution in [0.3, 0.4) is 0 Å². The number of benzene rings is 1. The Morgan fingerprint density at radius 1 is 1.38 bits per heavy atom. The molecule has 0 spiro atoms. The zero-order valence-electron chi connectivity index (χ0n) is 12.1. The SMILES string of the molecule is CCOC(=O)CCNC(=O)C(C)Oc1ccccc1C#N. The highest BCUT2D eigenvalue weighted by molar-refractivity contribution is 5.81. The first-order valence-corrected chi connectivity index (χ1v) is 6.67. The molecule has 6 heteroatoms. The number of carbonyl (C=O) groups excluding carboxylic acids is 2. The van der Waals surface area contributed by atoms with Crippen molar-refractivity contribution in [1.29, 1.82) is 5.26 Å². The number of hydrogen-bond donors (Lipinski definition) is 1. The van der Waals surface area contributed by atoms with Gasteiger partial charge in [-0.15, -0.1) is 0 Å². The average Bonchev–Trinajstić information content (AvgIpc) is 2.47. The third-order valence-electron chi connectivity index (χ3n) is 2.61. The van der Waals surface area contributed by atoms with E-state index in [1.165, 1.54) is 0 Å². The molecule has 112 valence electrons. The zero-order chi connectivity index (χ0) is 15.7. The Morgan fingerprint density at radius 3 is 2.76 bits per heavy atom. The van der Waals surface area contributed by atoms with Gasteiger partial charge in [-0.25, -0.2) is 0 Å². The molecule has 1 rings (SSSR count). The summed E-state index contributed by atoms with van der Waals surface area (Å²) in [4.78, 5) is 22.9. The Balaban J connectivity index is 2.45. The van der Waals surface area contributed by atoms with Gasteiger partial charge < -0.3 is 14.8 Å². The topological polar surface area (TPSA) is 88.4 Å². The van der Waals surface area contributed by atoms with Gasteiger partial charge in [0, 0.05) is 6.54 Å². The van der Waals surface area contributed by atoms with Gasteiger partial charge in [0.1, 0.15) is 11.8 Å². The van der Waals surface area contributed by atoms with Crippen LogP contribution in [-0.4, -0.2) is 31.1 Å². The molecule has 0 bridgehead atoms. The molecule has 1 N–H and O–H groups in total. The monoisotopic (exact) mass is 290 g/mol. The van der Waals surface area contributed by atoms with Crippen molar-refractivity contribution < 1.29 is 19.1 Å². The summed E-state index contributed by atoms with van der Waals surface area (Å²) in [5.74, 6) is -0.360. The van der Waals surface area contributed by atoms with Gasteiger partial charge in [-0.05, 0) is 26.0 Å². The number of para-hydroxylation sites is 1. The highest BCUT2D eigenvalue weighted by Gasteiger charge is 2.16. The minimum Gasteiger partial charge on any atom is -0.480 e. The largest absolute Gasteiger partial charge is 0.480 e. The van der Waals surface area contributed by atoms with Crippen molar-refractivity contribution in [2.24, 2.45) is 0 Å². The number of nitrogens with one attached hydrogen (secondary N) is 1. The van der Waals surface area contributed by atoms with Gasteiger partial charge in [0.15, 0.2) is 6.10 Å². The van der Waals surface area contributed by atoms with Gasteiger partial charge >= 0.3 is 5.97 Å². The van der Waals surface area contributed by atoms with Crippen LogP contribution < -0.4 is 10.1 Å². The maximum Gasteiger partial charge on any atom is 0.307 e. The maximum absolute atomic E-state index is 11.8. The van der Waals surface area contributed by atoms with E-state index >= 15 is 0 Å². The number of rotatable bonds is 7. The molecule has 0 aliphatic rings. The Labute approximate surface area is 123 Å². The van der Waals surface area contributed by atoms with Crippen molar-refractivity contribution >= 4 is 11.9 Å². The molecule has 0 saturated carbocycles. The van der Waals surface area contributed by atoms with Crippen LogP contribution in [0.5, 0.6) is 5.75 Å². The van der Waals surface area contributed by atoms with Crippen molar-refractivity contribution in [3.8, 4) is 11.8 Å². The summed E-state index contributed by atoms with van der Waals surface area (Å²) < 4.78 is 10.2. The van der Waals surface area contributed by atoms with Crippen LogP contribution in [0.15, 0.2) is 24.3 Å². The number of ether oxygens (including phenoxy) is 2. The Hall–Kier alpha value is -2.55. The summed E-state index contributed by atoms with van der Waals surface area (Å²) in [7, 11) is 0. The Kier molecular flexibility index (Phi) is 6.75.